The fourth-order valence-corrected chi connectivity index (χ4v) is 2.64. The summed E-state index contributed by atoms with van der Waals surface area (Å²) >= 11 is 0. The number of aryl methyl sites for hydroxylation is 1. The fraction of sp³-hybridized carbons (Fsp3) is 0.368. The van der Waals surface area contributed by atoms with Gasteiger partial charge in [-0.15, -0.1) is 0 Å². The predicted octanol–water partition coefficient (Wildman–Crippen LogP) is 4.07. The lowest BCUT2D eigenvalue weighted by molar-refractivity contribution is 0.333. The van der Waals surface area contributed by atoms with Crippen molar-refractivity contribution < 1.29 is 9.13 Å². The third-order valence-electron chi connectivity index (χ3n) is 3.91. The zero-order chi connectivity index (χ0) is 15.9. The molecule has 0 aromatic heterocycles. The second-order valence-corrected chi connectivity index (χ2v) is 5.42. The van der Waals surface area contributed by atoms with Crippen LogP contribution >= 0.6 is 0 Å². The van der Waals surface area contributed by atoms with E-state index in [9.17, 15) is 4.39 Å². The Morgan fingerprint density at radius 2 is 1.73 bits per heavy atom. The fourth-order valence-electron chi connectivity index (χ4n) is 2.64. The summed E-state index contributed by atoms with van der Waals surface area (Å²) in [6.07, 6.45) is 1.81. The van der Waals surface area contributed by atoms with Crippen LogP contribution < -0.4 is 10.5 Å². The molecule has 2 aromatic rings. The van der Waals surface area contributed by atoms with Gasteiger partial charge < -0.3 is 10.5 Å². The molecular weight excluding hydrogens is 277 g/mol. The van der Waals surface area contributed by atoms with Gasteiger partial charge >= 0.3 is 0 Å². The summed E-state index contributed by atoms with van der Waals surface area (Å²) in [5, 5.41) is 0. The van der Waals surface area contributed by atoms with Crippen LogP contribution in [-0.2, 0) is 12.8 Å². The van der Waals surface area contributed by atoms with Crippen molar-refractivity contribution in [2.75, 3.05) is 13.2 Å². The molecule has 3 heteroatoms. The van der Waals surface area contributed by atoms with E-state index in [0.29, 0.717) is 13.2 Å². The topological polar surface area (TPSA) is 35.2 Å². The number of halogens is 1. The lowest BCUT2D eigenvalue weighted by Crippen LogP contribution is -2.16. The SMILES string of the molecule is CCOc1ccc(F)cc1C(CN)Cc1ccc(CC)cc1. The van der Waals surface area contributed by atoms with Crippen molar-refractivity contribution >= 4 is 0 Å². The molecule has 2 aromatic carbocycles. The Labute approximate surface area is 132 Å². The normalized spacial score (nSPS) is 12.2. The zero-order valence-electron chi connectivity index (χ0n) is 13.3. The van der Waals surface area contributed by atoms with E-state index in [4.69, 9.17) is 10.5 Å². The molecule has 1 atom stereocenters. The van der Waals surface area contributed by atoms with Gasteiger partial charge in [0.2, 0.25) is 0 Å². The molecule has 0 bridgehead atoms. The van der Waals surface area contributed by atoms with Gasteiger partial charge in [0.1, 0.15) is 11.6 Å². The summed E-state index contributed by atoms with van der Waals surface area (Å²) in [6, 6.07) is 13.2. The summed E-state index contributed by atoms with van der Waals surface area (Å²) in [4.78, 5) is 0. The van der Waals surface area contributed by atoms with Gasteiger partial charge in [-0.3, -0.25) is 0 Å². The monoisotopic (exact) mass is 301 g/mol. The molecule has 2 N–H and O–H groups in total. The molecule has 0 fully saturated rings. The first-order valence-corrected chi connectivity index (χ1v) is 7.88. The highest BCUT2D eigenvalue weighted by Crippen LogP contribution is 2.30. The van der Waals surface area contributed by atoms with Gasteiger partial charge in [-0.25, -0.2) is 4.39 Å². The molecule has 0 spiro atoms. The minimum Gasteiger partial charge on any atom is -0.494 e. The van der Waals surface area contributed by atoms with E-state index in [1.807, 2.05) is 6.92 Å². The van der Waals surface area contributed by atoms with Crippen LogP contribution in [0.1, 0.15) is 36.5 Å². The first-order valence-electron chi connectivity index (χ1n) is 7.88. The smallest absolute Gasteiger partial charge is 0.123 e. The third-order valence-corrected chi connectivity index (χ3v) is 3.91. The summed E-state index contributed by atoms with van der Waals surface area (Å²) in [5.74, 6) is 0.521. The maximum Gasteiger partial charge on any atom is 0.123 e. The maximum absolute atomic E-state index is 13.6. The molecule has 0 heterocycles. The lowest BCUT2D eigenvalue weighted by Gasteiger charge is -2.19. The summed E-state index contributed by atoms with van der Waals surface area (Å²) in [6.45, 7) is 5.08. The molecule has 118 valence electrons. The standard InChI is InChI=1S/C19H24FNO/c1-3-14-5-7-15(8-6-14)11-16(13-21)18-12-17(20)9-10-19(18)22-4-2/h5-10,12,16H,3-4,11,13,21H2,1-2H3. The van der Waals surface area contributed by atoms with Crippen LogP contribution in [0, 0.1) is 5.82 Å². The second-order valence-electron chi connectivity index (χ2n) is 5.42. The van der Waals surface area contributed by atoms with Crippen LogP contribution in [0.2, 0.25) is 0 Å². The van der Waals surface area contributed by atoms with E-state index in [2.05, 4.69) is 31.2 Å². The minimum atomic E-state index is -0.252. The number of hydrogen-bond acceptors (Lipinski definition) is 2. The molecule has 22 heavy (non-hydrogen) atoms. The Hall–Kier alpha value is -1.87. The first kappa shape index (κ1) is 16.5. The van der Waals surface area contributed by atoms with Crippen molar-refractivity contribution in [3.05, 3.63) is 65.0 Å². The summed E-state index contributed by atoms with van der Waals surface area (Å²) < 4.78 is 19.3. The quantitative estimate of drug-likeness (QED) is 0.836. The molecule has 0 radical (unpaired) electrons. The van der Waals surface area contributed by atoms with E-state index in [1.54, 1.807) is 12.1 Å². The van der Waals surface area contributed by atoms with Crippen LogP contribution in [0.4, 0.5) is 4.39 Å². The Morgan fingerprint density at radius 3 is 2.32 bits per heavy atom. The van der Waals surface area contributed by atoms with Gasteiger partial charge in [-0.1, -0.05) is 31.2 Å². The van der Waals surface area contributed by atoms with Crippen LogP contribution in [-0.4, -0.2) is 13.2 Å². The van der Waals surface area contributed by atoms with Crippen molar-refractivity contribution in [2.24, 2.45) is 5.73 Å². The Kier molecular flexibility index (Phi) is 5.96. The predicted molar refractivity (Wildman–Crippen MR) is 88.9 cm³/mol. The number of benzene rings is 2. The molecule has 0 aliphatic rings. The number of hydrogen-bond donors (Lipinski definition) is 1. The largest absolute Gasteiger partial charge is 0.494 e. The Balaban J connectivity index is 2.25. The third kappa shape index (κ3) is 4.08. The van der Waals surface area contributed by atoms with Gasteiger partial charge in [-0.05, 0) is 55.6 Å². The Morgan fingerprint density at radius 1 is 1.05 bits per heavy atom. The average molecular weight is 301 g/mol. The highest BCUT2D eigenvalue weighted by Gasteiger charge is 2.17. The molecular formula is C19H24FNO. The van der Waals surface area contributed by atoms with Crippen molar-refractivity contribution in [3.63, 3.8) is 0 Å². The minimum absolute atomic E-state index is 0.0460. The van der Waals surface area contributed by atoms with Crippen LogP contribution in [0.25, 0.3) is 0 Å². The number of nitrogens with two attached hydrogens (primary N) is 1. The Bertz CT molecular complexity index is 595. The highest BCUT2D eigenvalue weighted by atomic mass is 19.1. The molecule has 0 amide bonds. The van der Waals surface area contributed by atoms with E-state index in [0.717, 1.165) is 24.2 Å². The molecule has 0 aliphatic heterocycles. The molecule has 2 rings (SSSR count). The summed E-state index contributed by atoms with van der Waals surface area (Å²) in [7, 11) is 0. The van der Waals surface area contributed by atoms with E-state index in [1.165, 1.54) is 17.2 Å². The van der Waals surface area contributed by atoms with Gasteiger partial charge in [0.15, 0.2) is 0 Å². The molecule has 0 saturated carbocycles. The van der Waals surface area contributed by atoms with Crippen LogP contribution in [0.3, 0.4) is 0 Å². The van der Waals surface area contributed by atoms with Gasteiger partial charge in [0, 0.05) is 11.5 Å². The average Bonchev–Trinajstić information content (AvgIpc) is 2.55. The highest BCUT2D eigenvalue weighted by molar-refractivity contribution is 5.38. The molecule has 1 unspecified atom stereocenters. The van der Waals surface area contributed by atoms with Crippen LogP contribution in [0.5, 0.6) is 5.75 Å². The molecule has 0 saturated heterocycles. The maximum atomic E-state index is 13.6. The van der Waals surface area contributed by atoms with Crippen molar-refractivity contribution in [3.8, 4) is 5.75 Å². The van der Waals surface area contributed by atoms with Gasteiger partial charge in [0.05, 0.1) is 6.61 Å². The lowest BCUT2D eigenvalue weighted by atomic mass is 9.91. The van der Waals surface area contributed by atoms with Crippen molar-refractivity contribution in [1.29, 1.82) is 0 Å². The van der Waals surface area contributed by atoms with Crippen molar-refractivity contribution in [1.82, 2.24) is 0 Å². The van der Waals surface area contributed by atoms with Crippen molar-refractivity contribution in [2.45, 2.75) is 32.6 Å². The van der Waals surface area contributed by atoms with E-state index >= 15 is 0 Å². The second kappa shape index (κ2) is 7.95. The van der Waals surface area contributed by atoms with E-state index < -0.39 is 0 Å². The van der Waals surface area contributed by atoms with Gasteiger partial charge in [0.25, 0.3) is 0 Å². The van der Waals surface area contributed by atoms with E-state index in [-0.39, 0.29) is 11.7 Å². The zero-order valence-corrected chi connectivity index (χ0v) is 13.3. The summed E-state index contributed by atoms with van der Waals surface area (Å²) in [5.41, 5.74) is 9.32. The number of ether oxygens (including phenoxy) is 1. The van der Waals surface area contributed by atoms with Crippen LogP contribution in [0.15, 0.2) is 42.5 Å². The van der Waals surface area contributed by atoms with Gasteiger partial charge in [-0.2, -0.15) is 0 Å². The molecule has 0 aliphatic carbocycles. The molecule has 2 nitrogen and oxygen atoms in total. The number of rotatable bonds is 7. The first-order chi connectivity index (χ1) is 10.7.